The van der Waals surface area contributed by atoms with Gasteiger partial charge in [0.05, 0.1) is 16.6 Å². The van der Waals surface area contributed by atoms with Gasteiger partial charge in [0.1, 0.15) is 5.82 Å². The normalized spacial score (nSPS) is 16.8. The van der Waals surface area contributed by atoms with E-state index in [4.69, 9.17) is 0 Å². The highest BCUT2D eigenvalue weighted by molar-refractivity contribution is 5.94. The average Bonchev–Trinajstić information content (AvgIpc) is 3.26. The van der Waals surface area contributed by atoms with Gasteiger partial charge < -0.3 is 9.80 Å². The summed E-state index contributed by atoms with van der Waals surface area (Å²) in [7, 11) is 0. The van der Waals surface area contributed by atoms with Gasteiger partial charge in [-0.25, -0.2) is 27.7 Å². The lowest BCUT2D eigenvalue weighted by atomic mass is 10.0. The fourth-order valence-corrected chi connectivity index (χ4v) is 4.81. The first-order valence-corrected chi connectivity index (χ1v) is 11.5. The zero-order chi connectivity index (χ0) is 28.3. The van der Waals surface area contributed by atoms with Crippen LogP contribution in [-0.4, -0.2) is 40.2 Å². The molecule has 0 unspecified atom stereocenters. The van der Waals surface area contributed by atoms with Crippen LogP contribution in [0, 0.1) is 17.5 Å². The van der Waals surface area contributed by atoms with Gasteiger partial charge in [0.15, 0.2) is 17.5 Å². The Hall–Kier alpha value is -3.97. The first-order valence-electron chi connectivity index (χ1n) is 11.5. The third-order valence-corrected chi connectivity index (χ3v) is 6.48. The summed E-state index contributed by atoms with van der Waals surface area (Å²) >= 11 is 0. The van der Waals surface area contributed by atoms with Crippen LogP contribution in [0.25, 0.3) is 22.2 Å². The lowest BCUT2D eigenvalue weighted by molar-refractivity contribution is -0.199. The van der Waals surface area contributed by atoms with Crippen LogP contribution >= 0.6 is 0 Å². The molecule has 39 heavy (non-hydrogen) atoms. The molecule has 0 amide bonds. The predicted octanol–water partition coefficient (Wildman–Crippen LogP) is 6.73. The highest BCUT2D eigenvalue weighted by Gasteiger charge is 2.41. The summed E-state index contributed by atoms with van der Waals surface area (Å²) in [5.74, 6) is -5.78. The number of pyridine rings is 1. The number of aromatic nitrogens is 3. The van der Waals surface area contributed by atoms with Gasteiger partial charge in [0, 0.05) is 37.4 Å². The Morgan fingerprint density at radius 2 is 1.59 bits per heavy atom. The molecule has 2 aromatic carbocycles. The number of hydrogen-bond acceptors (Lipinski definition) is 4. The van der Waals surface area contributed by atoms with Crippen molar-refractivity contribution in [2.45, 2.75) is 25.4 Å². The Labute approximate surface area is 215 Å². The van der Waals surface area contributed by atoms with E-state index in [0.29, 0.717) is 12.1 Å². The Bertz CT molecular complexity index is 1520. The minimum absolute atomic E-state index is 0.0368. The van der Waals surface area contributed by atoms with Crippen LogP contribution < -0.4 is 9.80 Å². The fourth-order valence-electron chi connectivity index (χ4n) is 4.81. The van der Waals surface area contributed by atoms with Crippen molar-refractivity contribution in [2.24, 2.45) is 0 Å². The third kappa shape index (κ3) is 4.72. The summed E-state index contributed by atoms with van der Waals surface area (Å²) in [5.41, 5.74) is -2.19. The zero-order valence-electron chi connectivity index (χ0n) is 20.0. The third-order valence-electron chi connectivity index (χ3n) is 6.48. The SMILES string of the molecule is C[C@@H]1CN(c2ncccc2C(F)(F)F)CCN1c1nc2cccc(-c3cc(F)c(F)c(F)c3)c2n1C(F)(F)F. The molecule has 0 saturated carbocycles. The van der Waals surface area contributed by atoms with Crippen molar-refractivity contribution in [1.82, 2.24) is 14.5 Å². The summed E-state index contributed by atoms with van der Waals surface area (Å²) in [6.07, 6.45) is -8.52. The number of fused-ring (bicyclic) bond motifs is 1. The number of nitrogens with zero attached hydrogens (tertiary/aromatic N) is 5. The largest absolute Gasteiger partial charge is 0.491 e. The molecule has 5 nitrogen and oxygen atoms in total. The van der Waals surface area contributed by atoms with E-state index in [0.717, 1.165) is 12.1 Å². The van der Waals surface area contributed by atoms with Crippen molar-refractivity contribution in [2.75, 3.05) is 29.4 Å². The van der Waals surface area contributed by atoms with Crippen LogP contribution in [0.5, 0.6) is 0 Å². The molecular formula is C25H18F9N5. The zero-order valence-corrected chi connectivity index (χ0v) is 20.0. The molecular weight excluding hydrogens is 541 g/mol. The van der Waals surface area contributed by atoms with Crippen molar-refractivity contribution >= 4 is 22.8 Å². The maximum atomic E-state index is 14.5. The Morgan fingerprint density at radius 3 is 2.21 bits per heavy atom. The molecule has 1 aliphatic rings. The van der Waals surface area contributed by atoms with Crippen molar-refractivity contribution in [3.8, 4) is 11.1 Å². The second kappa shape index (κ2) is 9.35. The number of imidazole rings is 1. The van der Waals surface area contributed by atoms with E-state index >= 15 is 0 Å². The molecule has 4 aromatic rings. The Balaban J connectivity index is 1.59. The maximum absolute atomic E-state index is 14.5. The highest BCUT2D eigenvalue weighted by Crippen LogP contribution is 2.41. The lowest BCUT2D eigenvalue weighted by Gasteiger charge is -2.41. The number of alkyl halides is 6. The lowest BCUT2D eigenvalue weighted by Crippen LogP contribution is -2.53. The molecule has 5 rings (SSSR count). The summed E-state index contributed by atoms with van der Waals surface area (Å²) in [6.45, 7) is 1.22. The van der Waals surface area contributed by atoms with E-state index in [2.05, 4.69) is 9.97 Å². The molecule has 1 aliphatic heterocycles. The summed E-state index contributed by atoms with van der Waals surface area (Å²) in [6, 6.07) is 6.28. The van der Waals surface area contributed by atoms with Crippen molar-refractivity contribution in [1.29, 1.82) is 0 Å². The molecule has 0 radical (unpaired) electrons. The van der Waals surface area contributed by atoms with Crippen LogP contribution in [0.2, 0.25) is 0 Å². The number of halogens is 9. The van der Waals surface area contributed by atoms with Crippen LogP contribution in [0.4, 0.5) is 51.3 Å². The molecule has 1 atom stereocenters. The smallest absolute Gasteiger partial charge is 0.352 e. The molecule has 0 N–H and O–H groups in total. The van der Waals surface area contributed by atoms with Crippen molar-refractivity contribution in [3.05, 3.63) is 71.7 Å². The molecule has 14 heteroatoms. The van der Waals surface area contributed by atoms with Gasteiger partial charge in [0.2, 0.25) is 5.95 Å². The van der Waals surface area contributed by atoms with E-state index in [1.165, 1.54) is 41.1 Å². The minimum Gasteiger partial charge on any atom is -0.352 e. The van der Waals surface area contributed by atoms with Gasteiger partial charge in [-0.15, -0.1) is 13.2 Å². The van der Waals surface area contributed by atoms with Gasteiger partial charge in [0.25, 0.3) is 0 Å². The molecule has 206 valence electrons. The summed E-state index contributed by atoms with van der Waals surface area (Å²) < 4.78 is 125. The van der Waals surface area contributed by atoms with Crippen LogP contribution in [-0.2, 0) is 12.5 Å². The maximum Gasteiger partial charge on any atom is 0.491 e. The van der Waals surface area contributed by atoms with Crippen molar-refractivity contribution < 1.29 is 39.5 Å². The first-order chi connectivity index (χ1) is 18.3. The number of piperazine rings is 1. The van der Waals surface area contributed by atoms with E-state index in [1.807, 2.05) is 0 Å². The molecule has 1 saturated heterocycles. The topological polar surface area (TPSA) is 37.2 Å². The Kier molecular flexibility index (Phi) is 6.38. The van der Waals surface area contributed by atoms with Crippen molar-refractivity contribution in [3.63, 3.8) is 0 Å². The standard InChI is InChI=1S/C25H18F9N5/c1-13-12-37(22-16(24(29,30)31)5-3-7-35-22)8-9-38(13)23-36-19-6-2-4-15(21(19)39(23)25(32,33)34)14-10-17(26)20(28)18(27)11-14/h2-7,10-11,13H,8-9,12H2,1H3/t13-/m1/s1. The minimum atomic E-state index is -5.04. The fraction of sp³-hybridized carbons (Fsp3) is 0.280. The summed E-state index contributed by atoms with van der Waals surface area (Å²) in [4.78, 5) is 10.7. The van der Waals surface area contributed by atoms with Gasteiger partial charge in [-0.3, -0.25) is 0 Å². The number of para-hydroxylation sites is 1. The molecule has 2 aromatic heterocycles. The molecule has 0 aliphatic carbocycles. The Morgan fingerprint density at radius 1 is 0.897 bits per heavy atom. The quantitative estimate of drug-likeness (QED) is 0.206. The van der Waals surface area contributed by atoms with Crippen LogP contribution in [0.3, 0.4) is 0 Å². The molecule has 0 spiro atoms. The van der Waals surface area contributed by atoms with Crippen LogP contribution in [0.1, 0.15) is 12.5 Å². The first kappa shape index (κ1) is 26.6. The van der Waals surface area contributed by atoms with Crippen LogP contribution in [0.15, 0.2) is 48.7 Å². The second-order valence-corrected chi connectivity index (χ2v) is 9.00. The van der Waals surface area contributed by atoms with E-state index in [9.17, 15) is 39.5 Å². The number of rotatable bonds is 3. The summed E-state index contributed by atoms with van der Waals surface area (Å²) in [5, 5.41) is 0. The molecule has 0 bridgehead atoms. The number of anilines is 2. The van der Waals surface area contributed by atoms with E-state index in [1.54, 1.807) is 0 Å². The number of benzene rings is 2. The van der Waals surface area contributed by atoms with Gasteiger partial charge >= 0.3 is 12.5 Å². The molecule has 1 fully saturated rings. The average molecular weight is 559 g/mol. The predicted molar refractivity (Wildman–Crippen MR) is 125 cm³/mol. The van der Waals surface area contributed by atoms with Gasteiger partial charge in [-0.05, 0) is 42.8 Å². The van der Waals surface area contributed by atoms with Gasteiger partial charge in [-0.2, -0.15) is 13.2 Å². The monoisotopic (exact) mass is 559 g/mol. The van der Waals surface area contributed by atoms with E-state index in [-0.39, 0.29) is 46.7 Å². The van der Waals surface area contributed by atoms with Gasteiger partial charge in [-0.1, -0.05) is 12.1 Å². The highest BCUT2D eigenvalue weighted by atomic mass is 19.4. The second-order valence-electron chi connectivity index (χ2n) is 9.00. The van der Waals surface area contributed by atoms with E-state index < -0.39 is 53.0 Å². The number of hydrogen-bond donors (Lipinski definition) is 0. The molecule has 3 heterocycles.